The van der Waals surface area contributed by atoms with E-state index < -0.39 is 0 Å². The molecule has 23 heavy (non-hydrogen) atoms. The summed E-state index contributed by atoms with van der Waals surface area (Å²) in [7, 11) is 0. The molecular weight excluding hydrogens is 355 g/mol. The van der Waals surface area contributed by atoms with E-state index in [1.165, 1.54) is 17.8 Å². The predicted molar refractivity (Wildman–Crippen MR) is 95.4 cm³/mol. The van der Waals surface area contributed by atoms with E-state index in [1.54, 1.807) is 42.5 Å². The number of hydrogen-bond donors (Lipinski definition) is 2. The summed E-state index contributed by atoms with van der Waals surface area (Å²) < 4.78 is 0. The lowest BCUT2D eigenvalue weighted by molar-refractivity contribution is -0.115. The molecule has 1 amide bonds. The molecule has 0 aliphatic carbocycles. The Kier molecular flexibility index (Phi) is 4.61. The number of aliphatic imine (C=N–C) groups is 1. The molecule has 0 bridgehead atoms. The van der Waals surface area contributed by atoms with E-state index in [4.69, 9.17) is 23.2 Å². The number of carbonyl (C=O) groups is 1. The highest BCUT2D eigenvalue weighted by atomic mass is 35.5. The van der Waals surface area contributed by atoms with Crippen molar-refractivity contribution in [2.45, 2.75) is 0 Å². The summed E-state index contributed by atoms with van der Waals surface area (Å²) in [5, 5.41) is 13.5. The maximum Gasteiger partial charge on any atom is 0.264 e. The average Bonchev–Trinajstić information content (AvgIpc) is 2.83. The number of phenolic OH excluding ortho intramolecular Hbond substituents is 1. The third-order valence-corrected chi connectivity index (χ3v) is 4.56. The summed E-state index contributed by atoms with van der Waals surface area (Å²) >= 11 is 13.4. The standard InChI is InChI=1S/C16H10Cl2N2O2S/c17-12-5-2-6-13(18)11(12)8-14-15(22)20-16(23-14)19-9-3-1-4-10(21)7-9/h1-8,21H,(H,19,20,22)/b14-8-. The van der Waals surface area contributed by atoms with E-state index in [0.717, 1.165) is 0 Å². The molecule has 4 nitrogen and oxygen atoms in total. The Bertz CT molecular complexity index is 829. The Morgan fingerprint density at radius 2 is 1.83 bits per heavy atom. The fraction of sp³-hybridized carbons (Fsp3) is 0. The van der Waals surface area contributed by atoms with Gasteiger partial charge in [-0.05, 0) is 42.1 Å². The van der Waals surface area contributed by atoms with Gasteiger partial charge < -0.3 is 10.4 Å². The molecule has 0 radical (unpaired) electrons. The van der Waals surface area contributed by atoms with Gasteiger partial charge in [0.05, 0.1) is 10.6 Å². The molecule has 2 N–H and O–H groups in total. The van der Waals surface area contributed by atoms with Gasteiger partial charge >= 0.3 is 0 Å². The number of amidine groups is 1. The second-order valence-corrected chi connectivity index (χ2v) is 6.48. The Morgan fingerprint density at radius 1 is 1.13 bits per heavy atom. The molecule has 3 rings (SSSR count). The van der Waals surface area contributed by atoms with E-state index in [1.807, 2.05) is 0 Å². The topological polar surface area (TPSA) is 61.7 Å². The lowest BCUT2D eigenvalue weighted by atomic mass is 10.2. The molecule has 0 atom stereocenters. The fourth-order valence-corrected chi connectivity index (χ4v) is 3.27. The van der Waals surface area contributed by atoms with Crippen LogP contribution < -0.4 is 5.32 Å². The minimum absolute atomic E-state index is 0.111. The van der Waals surface area contributed by atoms with E-state index >= 15 is 0 Å². The van der Waals surface area contributed by atoms with Crippen LogP contribution in [-0.4, -0.2) is 16.2 Å². The third kappa shape index (κ3) is 3.69. The molecule has 2 aromatic carbocycles. The van der Waals surface area contributed by atoms with Crippen molar-refractivity contribution < 1.29 is 9.90 Å². The lowest BCUT2D eigenvalue weighted by Gasteiger charge is -2.01. The molecular formula is C16H10Cl2N2O2S. The van der Waals surface area contributed by atoms with Crippen molar-refractivity contribution in [1.29, 1.82) is 0 Å². The van der Waals surface area contributed by atoms with Gasteiger partial charge in [-0.3, -0.25) is 4.79 Å². The van der Waals surface area contributed by atoms with Gasteiger partial charge in [0.1, 0.15) is 5.75 Å². The first-order chi connectivity index (χ1) is 11.0. The molecule has 116 valence electrons. The summed E-state index contributed by atoms with van der Waals surface area (Å²) in [5.41, 5.74) is 1.14. The van der Waals surface area contributed by atoms with E-state index in [-0.39, 0.29) is 11.7 Å². The predicted octanol–water partition coefficient (Wildman–Crippen LogP) is 4.59. The first-order valence-electron chi connectivity index (χ1n) is 6.55. The number of nitrogens with one attached hydrogen (secondary N) is 1. The Morgan fingerprint density at radius 3 is 2.52 bits per heavy atom. The number of phenols is 1. The molecule has 0 saturated carbocycles. The zero-order chi connectivity index (χ0) is 16.4. The first-order valence-corrected chi connectivity index (χ1v) is 8.13. The average molecular weight is 365 g/mol. The highest BCUT2D eigenvalue weighted by Crippen LogP contribution is 2.33. The summed E-state index contributed by atoms with van der Waals surface area (Å²) in [5.74, 6) is -0.162. The van der Waals surface area contributed by atoms with Crippen molar-refractivity contribution in [3.8, 4) is 5.75 Å². The zero-order valence-electron chi connectivity index (χ0n) is 11.6. The summed E-state index contributed by atoms with van der Waals surface area (Å²) in [6.45, 7) is 0. The minimum Gasteiger partial charge on any atom is -0.508 e. The molecule has 1 heterocycles. The van der Waals surface area contributed by atoms with Crippen LogP contribution in [0.5, 0.6) is 5.75 Å². The van der Waals surface area contributed by atoms with Crippen LogP contribution in [0.1, 0.15) is 5.56 Å². The van der Waals surface area contributed by atoms with Crippen LogP contribution in [0, 0.1) is 0 Å². The Hall–Kier alpha value is -1.95. The number of rotatable bonds is 2. The van der Waals surface area contributed by atoms with E-state index in [2.05, 4.69) is 10.3 Å². The number of amides is 1. The van der Waals surface area contributed by atoms with Gasteiger partial charge in [-0.1, -0.05) is 35.3 Å². The summed E-state index contributed by atoms with van der Waals surface area (Å²) in [6.07, 6.45) is 1.63. The first kappa shape index (κ1) is 15.9. The molecule has 0 unspecified atom stereocenters. The molecule has 1 aliphatic heterocycles. The second kappa shape index (κ2) is 6.66. The summed E-state index contributed by atoms with van der Waals surface area (Å²) in [6, 6.07) is 11.6. The largest absolute Gasteiger partial charge is 0.508 e. The normalized spacial score (nSPS) is 17.7. The number of aromatic hydroxyl groups is 1. The van der Waals surface area contributed by atoms with Crippen LogP contribution in [0.25, 0.3) is 6.08 Å². The number of benzene rings is 2. The van der Waals surface area contributed by atoms with Crippen LogP contribution in [0.15, 0.2) is 52.4 Å². The van der Waals surface area contributed by atoms with Crippen molar-refractivity contribution >= 4 is 57.8 Å². The van der Waals surface area contributed by atoms with Gasteiger partial charge in [0.2, 0.25) is 0 Å². The zero-order valence-corrected chi connectivity index (χ0v) is 13.9. The van der Waals surface area contributed by atoms with Crippen molar-refractivity contribution in [2.75, 3.05) is 0 Å². The van der Waals surface area contributed by atoms with Crippen molar-refractivity contribution in [1.82, 2.24) is 5.32 Å². The van der Waals surface area contributed by atoms with Crippen molar-refractivity contribution in [2.24, 2.45) is 4.99 Å². The number of thioether (sulfide) groups is 1. The maximum absolute atomic E-state index is 12.1. The van der Waals surface area contributed by atoms with E-state index in [9.17, 15) is 9.90 Å². The van der Waals surface area contributed by atoms with Crippen LogP contribution >= 0.6 is 35.0 Å². The molecule has 0 aromatic heterocycles. The van der Waals surface area contributed by atoms with Gasteiger partial charge in [0, 0.05) is 21.7 Å². The van der Waals surface area contributed by atoms with Crippen molar-refractivity contribution in [3.63, 3.8) is 0 Å². The molecule has 2 aromatic rings. The van der Waals surface area contributed by atoms with E-state index in [0.29, 0.717) is 31.4 Å². The van der Waals surface area contributed by atoms with Crippen LogP contribution in [-0.2, 0) is 4.79 Å². The van der Waals surface area contributed by atoms with Crippen LogP contribution in [0.3, 0.4) is 0 Å². The highest BCUT2D eigenvalue weighted by molar-refractivity contribution is 8.18. The Balaban J connectivity index is 1.90. The second-order valence-electron chi connectivity index (χ2n) is 4.64. The van der Waals surface area contributed by atoms with Gasteiger partial charge in [-0.2, -0.15) is 0 Å². The van der Waals surface area contributed by atoms with Crippen LogP contribution in [0.4, 0.5) is 5.69 Å². The number of carbonyl (C=O) groups excluding carboxylic acids is 1. The number of nitrogens with zero attached hydrogens (tertiary/aromatic N) is 1. The number of hydrogen-bond acceptors (Lipinski definition) is 4. The molecule has 7 heteroatoms. The molecule has 1 fully saturated rings. The molecule has 1 aliphatic rings. The Labute approximate surface area is 146 Å². The smallest absolute Gasteiger partial charge is 0.264 e. The van der Waals surface area contributed by atoms with Gasteiger partial charge in [0.15, 0.2) is 5.17 Å². The van der Waals surface area contributed by atoms with Gasteiger partial charge in [-0.15, -0.1) is 0 Å². The maximum atomic E-state index is 12.1. The third-order valence-electron chi connectivity index (χ3n) is 2.99. The summed E-state index contributed by atoms with van der Waals surface area (Å²) in [4.78, 5) is 16.8. The quantitative estimate of drug-likeness (QED) is 0.766. The molecule has 0 spiro atoms. The monoisotopic (exact) mass is 364 g/mol. The highest BCUT2D eigenvalue weighted by Gasteiger charge is 2.24. The number of halogens is 2. The molecule has 1 saturated heterocycles. The van der Waals surface area contributed by atoms with Gasteiger partial charge in [-0.25, -0.2) is 4.99 Å². The fourth-order valence-electron chi connectivity index (χ4n) is 1.94. The van der Waals surface area contributed by atoms with Crippen molar-refractivity contribution in [3.05, 3.63) is 63.0 Å². The van der Waals surface area contributed by atoms with Gasteiger partial charge in [0.25, 0.3) is 5.91 Å². The minimum atomic E-state index is -0.273. The van der Waals surface area contributed by atoms with Crippen LogP contribution in [0.2, 0.25) is 10.0 Å². The SMILES string of the molecule is O=C1NC(=Nc2cccc(O)c2)S/C1=C\c1c(Cl)cccc1Cl. The lowest BCUT2D eigenvalue weighted by Crippen LogP contribution is -2.19.